The first-order valence-electron chi connectivity index (χ1n) is 11.7. The molecular weight excluding hydrogens is 496 g/mol. The highest BCUT2D eigenvalue weighted by atomic mass is 32.2. The number of aromatic hydroxyl groups is 2. The minimum Gasteiger partial charge on any atom is -0.508 e. The first-order chi connectivity index (χ1) is 18.0. The molecule has 0 saturated heterocycles. The molecule has 0 fully saturated rings. The molecule has 0 amide bonds. The van der Waals surface area contributed by atoms with E-state index in [0.29, 0.717) is 11.5 Å². The molecule has 5 aromatic rings. The van der Waals surface area contributed by atoms with Crippen LogP contribution in [0.25, 0.3) is 0 Å². The fraction of sp³-hybridized carbons (Fsp3) is 0.0312. The van der Waals surface area contributed by atoms with Gasteiger partial charge in [-0.15, -0.1) is 0 Å². The van der Waals surface area contributed by atoms with Gasteiger partial charge in [-0.05, 0) is 103 Å². The minimum atomic E-state index is 0.280. The summed E-state index contributed by atoms with van der Waals surface area (Å²) < 4.78 is 0. The quantitative estimate of drug-likeness (QED) is 0.173. The average Bonchev–Trinajstić information content (AvgIpc) is 2.93. The molecule has 184 valence electrons. The van der Waals surface area contributed by atoms with Crippen molar-refractivity contribution in [3.8, 4) is 11.5 Å². The molecular formula is C32H27O3S2+. The molecule has 0 saturated carbocycles. The Hall–Kier alpha value is -3.93. The summed E-state index contributed by atoms with van der Waals surface area (Å²) in [5.41, 5.74) is 2.77. The van der Waals surface area contributed by atoms with E-state index in [1.165, 1.54) is 4.90 Å². The van der Waals surface area contributed by atoms with E-state index in [4.69, 9.17) is 5.11 Å². The van der Waals surface area contributed by atoms with Gasteiger partial charge in [-0.3, -0.25) is 4.79 Å². The molecule has 5 aromatic carbocycles. The third-order valence-corrected chi connectivity index (χ3v) is 7.58. The lowest BCUT2D eigenvalue weighted by Crippen LogP contribution is -2.03. The lowest BCUT2D eigenvalue weighted by Gasteiger charge is -2.08. The second kappa shape index (κ2) is 12.9. The van der Waals surface area contributed by atoms with Crippen LogP contribution < -0.4 is 0 Å². The van der Waals surface area contributed by atoms with E-state index in [1.807, 2.05) is 60.7 Å². The molecule has 5 heteroatoms. The van der Waals surface area contributed by atoms with Crippen molar-refractivity contribution in [2.24, 2.45) is 0 Å². The highest BCUT2D eigenvalue weighted by molar-refractivity contribution is 7.99. The number of phenols is 2. The summed E-state index contributed by atoms with van der Waals surface area (Å²) in [6, 6.07) is 40.1. The van der Waals surface area contributed by atoms with Crippen LogP contribution in [0.4, 0.5) is 0 Å². The SMILES string of the molecule is Cc1cc(C(=[OH+])c2ccccc2)ccc1Sc1ccc(Sc2ccc(O)cc2)cc1.Oc1ccccc1. The van der Waals surface area contributed by atoms with Gasteiger partial charge in [-0.1, -0.05) is 59.9 Å². The lowest BCUT2D eigenvalue weighted by molar-refractivity contribution is 0.474. The molecule has 0 radical (unpaired) electrons. The Bertz CT molecular complexity index is 1430. The van der Waals surface area contributed by atoms with Crippen molar-refractivity contribution >= 4 is 29.3 Å². The zero-order chi connectivity index (χ0) is 26.0. The summed E-state index contributed by atoms with van der Waals surface area (Å²) in [5, 5.41) is 18.0. The Kier molecular flexibility index (Phi) is 9.08. The standard InChI is InChI=1S/C26H20O2S2.C6H6O/c1-18-17-20(26(28)19-5-3-2-4-6-19)7-16-25(18)30-24-14-12-23(13-15-24)29-22-10-8-21(27)9-11-22;7-6-4-2-1-3-5-6/h2-17,27H,1H3;1-5,7H/p+1. The van der Waals surface area contributed by atoms with E-state index in [-0.39, 0.29) is 5.75 Å². The number of phenolic OH excluding ortho intramolecular Hbond substituents is 2. The molecule has 5 rings (SSSR count). The van der Waals surface area contributed by atoms with Gasteiger partial charge in [0.15, 0.2) is 0 Å². The second-order valence-electron chi connectivity index (χ2n) is 8.20. The molecule has 37 heavy (non-hydrogen) atoms. The van der Waals surface area contributed by atoms with Crippen LogP contribution in [0.3, 0.4) is 0 Å². The van der Waals surface area contributed by atoms with Crippen LogP contribution >= 0.6 is 23.5 Å². The van der Waals surface area contributed by atoms with Gasteiger partial charge in [0.05, 0.1) is 11.1 Å². The van der Waals surface area contributed by atoms with Gasteiger partial charge in [0.25, 0.3) is 0 Å². The number of hydrogen-bond acceptors (Lipinski definition) is 4. The van der Waals surface area contributed by atoms with E-state index in [1.54, 1.807) is 59.9 Å². The molecule has 3 N–H and O–H groups in total. The Labute approximate surface area is 225 Å². The second-order valence-corrected chi connectivity index (χ2v) is 10.5. The largest absolute Gasteiger partial charge is 0.508 e. The minimum absolute atomic E-state index is 0.280. The van der Waals surface area contributed by atoms with Crippen molar-refractivity contribution in [2.75, 3.05) is 0 Å². The van der Waals surface area contributed by atoms with Crippen LogP contribution in [0, 0.1) is 6.92 Å². The smallest absolute Gasteiger partial charge is 0.354 e. The van der Waals surface area contributed by atoms with Crippen LogP contribution in [-0.2, 0) is 0 Å². The molecule has 0 spiro atoms. The van der Waals surface area contributed by atoms with Crippen molar-refractivity contribution in [2.45, 2.75) is 26.5 Å². The van der Waals surface area contributed by atoms with Crippen molar-refractivity contribution in [1.29, 1.82) is 0 Å². The van der Waals surface area contributed by atoms with Gasteiger partial charge in [0.2, 0.25) is 0 Å². The molecule has 3 nitrogen and oxygen atoms in total. The number of aryl methyl sites for hydroxylation is 1. The number of para-hydroxylation sites is 1. The maximum atomic E-state index is 10.6. The molecule has 0 atom stereocenters. The molecule has 0 aliphatic rings. The number of carbonyl (C=O) groups excluding carboxylic acids is 1. The monoisotopic (exact) mass is 523 g/mol. The molecule has 0 aliphatic carbocycles. The predicted molar refractivity (Wildman–Crippen MR) is 154 cm³/mol. The van der Waals surface area contributed by atoms with Gasteiger partial charge in [0, 0.05) is 19.6 Å². The molecule has 0 aliphatic heterocycles. The Balaban J connectivity index is 0.000000396. The van der Waals surface area contributed by atoms with Gasteiger partial charge < -0.3 is 10.2 Å². The Morgan fingerprint density at radius 2 is 1.03 bits per heavy atom. The average molecular weight is 524 g/mol. The molecule has 0 heterocycles. The first-order valence-corrected chi connectivity index (χ1v) is 13.3. The number of ketones is 1. The third-order valence-electron chi connectivity index (χ3n) is 5.38. The van der Waals surface area contributed by atoms with E-state index in [2.05, 4.69) is 37.3 Å². The summed E-state index contributed by atoms with van der Waals surface area (Å²) in [4.78, 5) is 15.1. The van der Waals surface area contributed by atoms with Crippen molar-refractivity contribution in [3.05, 3.63) is 144 Å². The summed E-state index contributed by atoms with van der Waals surface area (Å²) in [7, 11) is 0. The zero-order valence-electron chi connectivity index (χ0n) is 20.3. The third kappa shape index (κ3) is 7.78. The van der Waals surface area contributed by atoms with Crippen molar-refractivity contribution in [1.82, 2.24) is 0 Å². The summed E-state index contributed by atoms with van der Waals surface area (Å²) in [6.07, 6.45) is 0. The zero-order valence-corrected chi connectivity index (χ0v) is 21.9. The van der Waals surface area contributed by atoms with E-state index in [0.717, 1.165) is 31.4 Å². The number of hydrogen-bond donors (Lipinski definition) is 2. The first kappa shape index (κ1) is 26.1. The maximum Gasteiger partial charge on any atom is 0.354 e. The van der Waals surface area contributed by atoms with Crippen LogP contribution in [0.15, 0.2) is 147 Å². The molecule has 0 bridgehead atoms. The van der Waals surface area contributed by atoms with Gasteiger partial charge in [-0.2, -0.15) is 0 Å². The van der Waals surface area contributed by atoms with Crippen LogP contribution in [0.2, 0.25) is 0 Å². The highest BCUT2D eigenvalue weighted by Gasteiger charge is 2.16. The van der Waals surface area contributed by atoms with Gasteiger partial charge >= 0.3 is 5.78 Å². The summed E-state index contributed by atoms with van der Waals surface area (Å²) in [6.45, 7) is 2.07. The van der Waals surface area contributed by atoms with Crippen LogP contribution in [-0.4, -0.2) is 20.8 Å². The molecule has 0 unspecified atom stereocenters. The topological polar surface area (TPSA) is 61.9 Å². The normalized spacial score (nSPS) is 10.3. The maximum absolute atomic E-state index is 10.6. The van der Waals surface area contributed by atoms with Gasteiger partial charge in [-0.25, -0.2) is 0 Å². The summed E-state index contributed by atoms with van der Waals surface area (Å²) in [5.74, 6) is 0.899. The highest BCUT2D eigenvalue weighted by Crippen LogP contribution is 2.34. The fourth-order valence-electron chi connectivity index (χ4n) is 3.45. The Morgan fingerprint density at radius 3 is 1.54 bits per heavy atom. The van der Waals surface area contributed by atoms with Crippen molar-refractivity contribution in [3.63, 3.8) is 0 Å². The Morgan fingerprint density at radius 1 is 0.541 bits per heavy atom. The fourth-order valence-corrected chi connectivity index (χ4v) is 5.15. The van der Waals surface area contributed by atoms with E-state index < -0.39 is 0 Å². The number of benzene rings is 5. The number of rotatable bonds is 6. The van der Waals surface area contributed by atoms with Crippen LogP contribution in [0.5, 0.6) is 11.5 Å². The lowest BCUT2D eigenvalue weighted by atomic mass is 10.0. The van der Waals surface area contributed by atoms with Crippen LogP contribution in [0.1, 0.15) is 16.7 Å². The van der Waals surface area contributed by atoms with E-state index in [9.17, 15) is 9.90 Å². The summed E-state index contributed by atoms with van der Waals surface area (Å²) >= 11 is 3.38. The van der Waals surface area contributed by atoms with E-state index >= 15 is 0 Å². The molecule has 0 aromatic heterocycles. The predicted octanol–water partition coefficient (Wildman–Crippen LogP) is 8.34. The van der Waals surface area contributed by atoms with Gasteiger partial charge in [0.1, 0.15) is 11.5 Å². The van der Waals surface area contributed by atoms with Crippen molar-refractivity contribution < 1.29 is 15.0 Å².